The minimum atomic E-state index is -4.42. The molecule has 1 aliphatic rings. The van der Waals surface area contributed by atoms with Crippen molar-refractivity contribution >= 4 is 30.6 Å². The van der Waals surface area contributed by atoms with Gasteiger partial charge in [-0.3, -0.25) is 23.6 Å². The summed E-state index contributed by atoms with van der Waals surface area (Å²) in [5, 5.41) is 9.71. The van der Waals surface area contributed by atoms with Crippen LogP contribution in [0.5, 0.6) is 0 Å². The zero-order valence-corrected chi connectivity index (χ0v) is 12.3. The Bertz CT molecular complexity index is 898. The highest BCUT2D eigenvalue weighted by atomic mass is 31.2. The number of phosphoric ester groups is 1. The number of Topliss-reactive ketones (excluding diaryl/α,β-unsaturated/α-hetero) is 1. The zero-order valence-electron chi connectivity index (χ0n) is 11.4. The highest BCUT2D eigenvalue weighted by Crippen LogP contribution is 2.48. The van der Waals surface area contributed by atoms with Crippen LogP contribution in [-0.4, -0.2) is 49.5 Å². The number of phosphoric acid groups is 1. The fraction of sp³-hybridized carbons (Fsp3) is 0.273. The van der Waals surface area contributed by atoms with E-state index in [1.807, 2.05) is 0 Å². The predicted octanol–water partition coefficient (Wildman–Crippen LogP) is -1.04. The first kappa shape index (κ1) is 15.7. The molecular formula is C11H11N4O7P. The normalized spacial score (nSPS) is 27.9. The summed E-state index contributed by atoms with van der Waals surface area (Å²) in [6, 6.07) is 2.58. The molecule has 0 saturated carbocycles. The molecule has 3 heterocycles. The molecule has 3 atom stereocenters. The van der Waals surface area contributed by atoms with Crippen molar-refractivity contribution in [3.8, 4) is 0 Å². The third kappa shape index (κ3) is 3.00. The van der Waals surface area contributed by atoms with Crippen molar-refractivity contribution in [2.24, 2.45) is 0 Å². The molecule has 1 fully saturated rings. The highest BCUT2D eigenvalue weighted by Gasteiger charge is 2.42. The second kappa shape index (κ2) is 5.48. The number of carbonyl (C=O) groups excluding carboxylic acids is 1. The number of nitrogens with zero attached hydrogens (tertiary/aromatic N) is 2. The van der Waals surface area contributed by atoms with E-state index in [1.54, 1.807) is 0 Å². The maximum atomic E-state index is 12.3. The number of aliphatic hydroxyl groups is 1. The van der Waals surface area contributed by atoms with Crippen LogP contribution in [-0.2, 0) is 13.6 Å². The van der Waals surface area contributed by atoms with Crippen molar-refractivity contribution in [1.29, 1.82) is 0 Å². The summed E-state index contributed by atoms with van der Waals surface area (Å²) < 4.78 is 20.4. The molecule has 0 radical (unpaired) electrons. The Morgan fingerprint density at radius 3 is 2.91 bits per heavy atom. The van der Waals surface area contributed by atoms with Gasteiger partial charge in [-0.15, -0.1) is 0 Å². The van der Waals surface area contributed by atoms with E-state index in [4.69, 9.17) is 5.73 Å². The third-order valence-corrected chi connectivity index (χ3v) is 4.06. The largest absolute Gasteiger partial charge is 0.473 e. The van der Waals surface area contributed by atoms with E-state index < -0.39 is 38.0 Å². The number of H-pyrrole nitrogens is 1. The van der Waals surface area contributed by atoms with E-state index in [1.165, 1.54) is 12.1 Å². The van der Waals surface area contributed by atoms with Crippen LogP contribution in [0.3, 0.4) is 0 Å². The van der Waals surface area contributed by atoms with Crippen LogP contribution in [0.2, 0.25) is 0 Å². The number of hydrogen-bond acceptors (Lipinski definition) is 9. The van der Waals surface area contributed by atoms with Crippen LogP contribution < -0.4 is 11.3 Å². The summed E-state index contributed by atoms with van der Waals surface area (Å²) >= 11 is 0. The molecule has 2 aromatic rings. The number of carbonyl (C=O) groups is 1. The number of anilines is 1. The van der Waals surface area contributed by atoms with Crippen molar-refractivity contribution in [1.82, 2.24) is 15.0 Å². The predicted molar refractivity (Wildman–Crippen MR) is 75.6 cm³/mol. The van der Waals surface area contributed by atoms with Gasteiger partial charge in [0.25, 0.3) is 5.56 Å². The fourth-order valence-electron chi connectivity index (χ4n) is 2.05. The molecule has 0 bridgehead atoms. The molecule has 0 amide bonds. The molecule has 0 aliphatic carbocycles. The van der Waals surface area contributed by atoms with Crippen molar-refractivity contribution in [2.75, 3.05) is 12.3 Å². The summed E-state index contributed by atoms with van der Waals surface area (Å²) in [7, 11) is -4.42. The molecule has 2 aromatic heterocycles. The highest BCUT2D eigenvalue weighted by molar-refractivity contribution is 7.47. The van der Waals surface area contributed by atoms with Gasteiger partial charge < -0.3 is 15.7 Å². The number of aliphatic hydroxyl groups excluding tert-OH is 1. The number of hydrogen-bond donors (Lipinski definition) is 4. The summed E-state index contributed by atoms with van der Waals surface area (Å²) in [6.45, 7) is -0.545. The second-order valence-corrected chi connectivity index (χ2v) is 6.14. The fourth-order valence-corrected chi connectivity index (χ4v) is 2.98. The first-order valence-electron chi connectivity index (χ1n) is 6.31. The van der Waals surface area contributed by atoms with Gasteiger partial charge in [-0.25, -0.2) is 14.5 Å². The van der Waals surface area contributed by atoms with Crippen molar-refractivity contribution in [2.45, 2.75) is 12.2 Å². The summed E-state index contributed by atoms with van der Waals surface area (Å²) in [5.74, 6) is -0.971. The van der Waals surface area contributed by atoms with E-state index >= 15 is 0 Å². The van der Waals surface area contributed by atoms with E-state index in [0.29, 0.717) is 0 Å². The van der Waals surface area contributed by atoms with Gasteiger partial charge in [0.2, 0.25) is 11.7 Å². The van der Waals surface area contributed by atoms with E-state index in [2.05, 4.69) is 24.0 Å². The Balaban J connectivity index is 2.01. The number of pyridine rings is 1. The molecule has 11 nitrogen and oxygen atoms in total. The monoisotopic (exact) mass is 342 g/mol. The van der Waals surface area contributed by atoms with Crippen LogP contribution in [0, 0.1) is 0 Å². The van der Waals surface area contributed by atoms with Gasteiger partial charge in [0.1, 0.15) is 11.8 Å². The Morgan fingerprint density at radius 2 is 2.17 bits per heavy atom. The van der Waals surface area contributed by atoms with Gasteiger partial charge in [0.05, 0.1) is 12.1 Å². The lowest BCUT2D eigenvalue weighted by molar-refractivity contribution is -0.0426. The molecule has 23 heavy (non-hydrogen) atoms. The first-order chi connectivity index (χ1) is 10.8. The van der Waals surface area contributed by atoms with Crippen LogP contribution in [0.1, 0.15) is 10.5 Å². The lowest BCUT2D eigenvalue weighted by Crippen LogP contribution is -2.42. The van der Waals surface area contributed by atoms with Crippen LogP contribution in [0.15, 0.2) is 16.9 Å². The number of nitrogens with two attached hydrogens (primary N) is 1. The molecule has 5 N–H and O–H groups in total. The minimum absolute atomic E-state index is 0.104. The number of rotatable bonds is 2. The van der Waals surface area contributed by atoms with E-state index in [9.17, 15) is 24.2 Å². The second-order valence-electron chi connectivity index (χ2n) is 4.74. The zero-order chi connectivity index (χ0) is 16.8. The molecule has 1 unspecified atom stereocenters. The molecule has 1 saturated heterocycles. The average Bonchev–Trinajstić information content (AvgIpc) is 2.48. The average molecular weight is 342 g/mol. The number of fused-ring (bicyclic) bond motifs is 1. The van der Waals surface area contributed by atoms with Crippen molar-refractivity contribution in [3.63, 3.8) is 0 Å². The van der Waals surface area contributed by atoms with Gasteiger partial charge in [0, 0.05) is 0 Å². The Kier molecular flexibility index (Phi) is 3.74. The summed E-state index contributed by atoms with van der Waals surface area (Å²) in [4.78, 5) is 43.3. The number of ketones is 1. The lowest BCUT2D eigenvalue weighted by Gasteiger charge is -2.28. The number of aromatic nitrogens is 3. The maximum Gasteiger partial charge on any atom is 0.473 e. The topological polar surface area (TPSA) is 178 Å². The van der Waals surface area contributed by atoms with Crippen LogP contribution in [0.25, 0.3) is 11.0 Å². The lowest BCUT2D eigenvalue weighted by atomic mass is 10.1. The first-order valence-corrected chi connectivity index (χ1v) is 7.81. The standard InChI is InChI=1S/C11H11N4O7P/c12-11-14-4-1-2-5(13-7(4)10(18)15-11)8(17)9-6(16)3-21-23(19,20)22-9/h1-2,6,9,16H,3H2,(H,19,20)(H3,12,14,15,18)/t6-,9+/m1/s1. The smallest absolute Gasteiger partial charge is 0.387 e. The number of nitrogen functional groups attached to an aromatic ring is 1. The van der Waals surface area contributed by atoms with Crippen LogP contribution >= 0.6 is 7.82 Å². The molecule has 3 rings (SSSR count). The molecule has 1 aliphatic heterocycles. The molecule has 0 spiro atoms. The minimum Gasteiger partial charge on any atom is -0.387 e. The summed E-state index contributed by atoms with van der Waals surface area (Å²) in [5.41, 5.74) is 4.55. The quantitative estimate of drug-likeness (QED) is 0.389. The SMILES string of the molecule is Nc1nc2ccc(C(=O)[C@H]3OP(=O)(O)OC[C@H]3O)nc2c(=O)[nH]1. The van der Waals surface area contributed by atoms with Gasteiger partial charge in [-0.05, 0) is 12.1 Å². The summed E-state index contributed by atoms with van der Waals surface area (Å²) in [6.07, 6.45) is -3.08. The van der Waals surface area contributed by atoms with Crippen LogP contribution in [0.4, 0.5) is 5.95 Å². The Morgan fingerprint density at radius 1 is 1.43 bits per heavy atom. The molecule has 0 aromatic carbocycles. The number of aromatic amines is 1. The van der Waals surface area contributed by atoms with Crippen molar-refractivity contribution in [3.05, 3.63) is 28.2 Å². The maximum absolute atomic E-state index is 12.3. The van der Waals surface area contributed by atoms with Gasteiger partial charge in [0.15, 0.2) is 11.6 Å². The van der Waals surface area contributed by atoms with E-state index in [-0.39, 0.29) is 22.7 Å². The van der Waals surface area contributed by atoms with E-state index in [0.717, 1.165) is 0 Å². The Labute approximate surface area is 127 Å². The van der Waals surface area contributed by atoms with Crippen molar-refractivity contribution < 1.29 is 28.4 Å². The molecular weight excluding hydrogens is 331 g/mol. The van der Waals surface area contributed by atoms with Gasteiger partial charge in [-0.1, -0.05) is 0 Å². The molecule has 12 heteroatoms. The Hall–Kier alpha value is -2.17. The van der Waals surface area contributed by atoms with Gasteiger partial charge in [-0.2, -0.15) is 0 Å². The van der Waals surface area contributed by atoms with Gasteiger partial charge >= 0.3 is 7.82 Å². The third-order valence-electron chi connectivity index (χ3n) is 3.09. The molecule has 122 valence electrons. The number of nitrogens with one attached hydrogen (secondary N) is 1.